The fourth-order valence-corrected chi connectivity index (χ4v) is 3.97. The highest BCUT2D eigenvalue weighted by Crippen LogP contribution is 2.25. The maximum Gasteiger partial charge on any atom is 0.240 e. The van der Waals surface area contributed by atoms with Gasteiger partial charge in [-0.2, -0.15) is 0 Å². The predicted molar refractivity (Wildman–Crippen MR) is 106 cm³/mol. The maximum atomic E-state index is 12.2. The van der Waals surface area contributed by atoms with Crippen LogP contribution in [0.1, 0.15) is 32.1 Å². The van der Waals surface area contributed by atoms with Crippen molar-refractivity contribution in [3.8, 4) is 5.75 Å². The Morgan fingerprint density at radius 2 is 1.73 bits per heavy atom. The van der Waals surface area contributed by atoms with Gasteiger partial charge in [0.25, 0.3) is 0 Å². The lowest BCUT2D eigenvalue weighted by molar-refractivity contribution is 0.199. The minimum Gasteiger partial charge on any atom is -0.493 e. The molecule has 1 aliphatic carbocycles. The average molecular weight is 407 g/mol. The Hall–Kier alpha value is -0.860. The third-order valence-electron chi connectivity index (χ3n) is 4.42. The van der Waals surface area contributed by atoms with Gasteiger partial charge in [0.05, 0.1) is 18.1 Å². The lowest BCUT2D eigenvalue weighted by atomic mass is 9.90. The minimum atomic E-state index is -3.48. The van der Waals surface area contributed by atoms with Crippen LogP contribution in [0.5, 0.6) is 5.75 Å². The van der Waals surface area contributed by atoms with Gasteiger partial charge in [0, 0.05) is 26.7 Å². The molecule has 2 rings (SSSR count). The van der Waals surface area contributed by atoms with Crippen LogP contribution in [0.3, 0.4) is 0 Å². The zero-order valence-corrected chi connectivity index (χ0v) is 17.0. The van der Waals surface area contributed by atoms with Gasteiger partial charge in [0.15, 0.2) is 0 Å². The lowest BCUT2D eigenvalue weighted by Crippen LogP contribution is -2.33. The number of sulfonamides is 1. The maximum absolute atomic E-state index is 12.2. The number of halogens is 1. The molecule has 0 aromatic heterocycles. The van der Waals surface area contributed by atoms with Gasteiger partial charge in [-0.1, -0.05) is 19.3 Å². The lowest BCUT2D eigenvalue weighted by Gasteiger charge is -2.21. The summed E-state index contributed by atoms with van der Waals surface area (Å²) in [5.41, 5.74) is 0. The van der Waals surface area contributed by atoms with Crippen molar-refractivity contribution < 1.29 is 17.9 Å². The van der Waals surface area contributed by atoms with Gasteiger partial charge >= 0.3 is 0 Å². The van der Waals surface area contributed by atoms with Crippen LogP contribution in [-0.2, 0) is 14.8 Å². The molecule has 0 amide bonds. The molecule has 2 N–H and O–H groups in total. The van der Waals surface area contributed by atoms with E-state index in [9.17, 15) is 8.42 Å². The number of ether oxygens (including phenoxy) is 2. The van der Waals surface area contributed by atoms with E-state index in [1.54, 1.807) is 31.4 Å². The quantitative estimate of drug-likeness (QED) is 0.552. The summed E-state index contributed by atoms with van der Waals surface area (Å²) in [6.45, 7) is 2.93. The van der Waals surface area contributed by atoms with Crippen molar-refractivity contribution in [1.82, 2.24) is 10.0 Å². The van der Waals surface area contributed by atoms with Crippen molar-refractivity contribution >= 4 is 22.4 Å². The highest BCUT2D eigenvalue weighted by molar-refractivity contribution is 7.89. The molecule has 1 aromatic carbocycles. The van der Waals surface area contributed by atoms with Crippen molar-refractivity contribution in [1.29, 1.82) is 0 Å². The molecule has 1 fully saturated rings. The molecule has 0 aliphatic heterocycles. The van der Waals surface area contributed by atoms with Crippen LogP contribution in [0.2, 0.25) is 0 Å². The minimum absolute atomic E-state index is 0. The zero-order chi connectivity index (χ0) is 18.0. The molecule has 1 aromatic rings. The predicted octanol–water partition coefficient (Wildman–Crippen LogP) is 2.58. The van der Waals surface area contributed by atoms with Gasteiger partial charge in [-0.05, 0) is 43.0 Å². The van der Waals surface area contributed by atoms with E-state index < -0.39 is 10.0 Å². The van der Waals surface area contributed by atoms with Crippen LogP contribution in [0.4, 0.5) is 0 Å². The SMILES string of the molecule is COCCNCCNS(=O)(=O)c1ccc(OCC2CCCCC2)cc1.Cl. The molecule has 0 atom stereocenters. The highest BCUT2D eigenvalue weighted by Gasteiger charge is 2.15. The summed E-state index contributed by atoms with van der Waals surface area (Å²) in [6.07, 6.45) is 6.37. The second-order valence-corrected chi connectivity index (χ2v) is 8.19. The normalized spacial score (nSPS) is 15.4. The molecule has 26 heavy (non-hydrogen) atoms. The first kappa shape index (κ1) is 23.2. The van der Waals surface area contributed by atoms with Crippen LogP contribution in [0.15, 0.2) is 29.2 Å². The van der Waals surface area contributed by atoms with Gasteiger partial charge in [0.1, 0.15) is 5.75 Å². The number of rotatable bonds is 11. The summed E-state index contributed by atoms with van der Waals surface area (Å²) in [4.78, 5) is 0.259. The van der Waals surface area contributed by atoms with Gasteiger partial charge in [-0.25, -0.2) is 13.1 Å². The second-order valence-electron chi connectivity index (χ2n) is 6.43. The van der Waals surface area contributed by atoms with E-state index in [1.807, 2.05) is 0 Å². The van der Waals surface area contributed by atoms with Crippen molar-refractivity contribution in [2.75, 3.05) is 40.0 Å². The smallest absolute Gasteiger partial charge is 0.240 e. The van der Waals surface area contributed by atoms with Crippen LogP contribution in [0.25, 0.3) is 0 Å². The third-order valence-corrected chi connectivity index (χ3v) is 5.90. The van der Waals surface area contributed by atoms with Crippen LogP contribution >= 0.6 is 12.4 Å². The van der Waals surface area contributed by atoms with Gasteiger partial charge < -0.3 is 14.8 Å². The monoisotopic (exact) mass is 406 g/mol. The van der Waals surface area contributed by atoms with Crippen molar-refractivity contribution in [2.24, 2.45) is 5.92 Å². The molecular weight excluding hydrogens is 376 g/mol. The molecule has 0 bridgehead atoms. The number of methoxy groups -OCH3 is 1. The summed E-state index contributed by atoms with van der Waals surface area (Å²) >= 11 is 0. The molecular formula is C18H31ClN2O4S. The van der Waals surface area contributed by atoms with Crippen LogP contribution in [0, 0.1) is 5.92 Å². The van der Waals surface area contributed by atoms with Gasteiger partial charge in [0.2, 0.25) is 10.0 Å². The zero-order valence-electron chi connectivity index (χ0n) is 15.4. The molecule has 1 saturated carbocycles. The molecule has 150 valence electrons. The summed E-state index contributed by atoms with van der Waals surface area (Å²) in [5.74, 6) is 1.36. The summed E-state index contributed by atoms with van der Waals surface area (Å²) in [5, 5.41) is 3.10. The van der Waals surface area contributed by atoms with E-state index in [2.05, 4.69) is 10.0 Å². The van der Waals surface area contributed by atoms with Crippen LogP contribution in [-0.4, -0.2) is 48.4 Å². The number of benzene rings is 1. The number of hydrogen-bond acceptors (Lipinski definition) is 5. The van der Waals surface area contributed by atoms with Crippen LogP contribution < -0.4 is 14.8 Å². The third kappa shape index (κ3) is 8.22. The first-order valence-electron chi connectivity index (χ1n) is 9.04. The molecule has 0 spiro atoms. The van der Waals surface area contributed by atoms with Gasteiger partial charge in [-0.3, -0.25) is 0 Å². The summed E-state index contributed by atoms with van der Waals surface area (Å²) in [6, 6.07) is 6.65. The molecule has 1 aliphatic rings. The molecule has 0 unspecified atom stereocenters. The summed E-state index contributed by atoms with van der Waals surface area (Å²) < 4.78 is 37.8. The van der Waals surface area contributed by atoms with Crippen molar-refractivity contribution in [3.05, 3.63) is 24.3 Å². The standard InChI is InChI=1S/C18H30N2O4S.ClH/c1-23-14-13-19-11-12-20-25(21,22)18-9-7-17(8-10-18)24-15-16-5-3-2-4-6-16;/h7-10,16,19-20H,2-6,11-15H2,1H3;1H. The van der Waals surface area contributed by atoms with E-state index in [0.29, 0.717) is 32.2 Å². The number of nitrogens with one attached hydrogen (secondary N) is 2. The Labute approximate surface area is 163 Å². The van der Waals surface area contributed by atoms with E-state index in [1.165, 1.54) is 32.1 Å². The Morgan fingerprint density at radius 1 is 1.04 bits per heavy atom. The highest BCUT2D eigenvalue weighted by atomic mass is 35.5. The fraction of sp³-hybridized carbons (Fsp3) is 0.667. The Morgan fingerprint density at radius 3 is 2.38 bits per heavy atom. The Kier molecular flexibility index (Phi) is 11.2. The largest absolute Gasteiger partial charge is 0.493 e. The van der Waals surface area contributed by atoms with E-state index in [-0.39, 0.29) is 17.3 Å². The van der Waals surface area contributed by atoms with E-state index in [0.717, 1.165) is 12.4 Å². The van der Waals surface area contributed by atoms with Crippen molar-refractivity contribution in [2.45, 2.75) is 37.0 Å². The van der Waals surface area contributed by atoms with E-state index in [4.69, 9.17) is 9.47 Å². The number of hydrogen-bond donors (Lipinski definition) is 2. The Balaban J connectivity index is 0.00000338. The fourth-order valence-electron chi connectivity index (χ4n) is 2.94. The van der Waals surface area contributed by atoms with E-state index >= 15 is 0 Å². The molecule has 0 heterocycles. The second kappa shape index (κ2) is 12.5. The van der Waals surface area contributed by atoms with Crippen molar-refractivity contribution in [3.63, 3.8) is 0 Å². The first-order chi connectivity index (χ1) is 12.1. The topological polar surface area (TPSA) is 76.7 Å². The van der Waals surface area contributed by atoms with Gasteiger partial charge in [-0.15, -0.1) is 12.4 Å². The molecule has 8 heteroatoms. The molecule has 6 nitrogen and oxygen atoms in total. The molecule has 0 saturated heterocycles. The Bertz CT molecular complexity index is 590. The molecule has 0 radical (unpaired) electrons. The first-order valence-corrected chi connectivity index (χ1v) is 10.5. The average Bonchev–Trinajstić information content (AvgIpc) is 2.64. The summed E-state index contributed by atoms with van der Waals surface area (Å²) in [7, 11) is -1.85.